The second-order valence-corrected chi connectivity index (χ2v) is 4.88. The number of nitrogens with two attached hydrogens (primary N) is 1. The number of rotatable bonds is 5. The van der Waals surface area contributed by atoms with Gasteiger partial charge in [-0.05, 0) is 37.7 Å². The van der Waals surface area contributed by atoms with E-state index in [-0.39, 0.29) is 0 Å². The molecule has 1 aromatic rings. The van der Waals surface area contributed by atoms with Gasteiger partial charge in [0.25, 0.3) is 0 Å². The Labute approximate surface area is 95.9 Å². The number of anilines is 1. The van der Waals surface area contributed by atoms with Gasteiger partial charge in [-0.2, -0.15) is 0 Å². The van der Waals surface area contributed by atoms with Crippen molar-refractivity contribution in [2.75, 3.05) is 11.4 Å². The van der Waals surface area contributed by atoms with Crippen molar-refractivity contribution in [1.29, 1.82) is 0 Å². The highest BCUT2D eigenvalue weighted by Gasteiger charge is 2.35. The van der Waals surface area contributed by atoms with Crippen LogP contribution in [0.15, 0.2) is 12.3 Å². The summed E-state index contributed by atoms with van der Waals surface area (Å²) in [4.78, 5) is 11.3. The fraction of sp³-hybridized carbons (Fsp3) is 0.667. The van der Waals surface area contributed by atoms with Crippen LogP contribution in [-0.2, 0) is 6.54 Å². The minimum absolute atomic E-state index is 0.497. The van der Waals surface area contributed by atoms with Crippen molar-refractivity contribution in [3.05, 3.63) is 18.0 Å². The Hall–Kier alpha value is -1.16. The first kappa shape index (κ1) is 10.0. The molecule has 0 aromatic carbocycles. The summed E-state index contributed by atoms with van der Waals surface area (Å²) in [5, 5.41) is 0. The van der Waals surface area contributed by atoms with Crippen LogP contribution < -0.4 is 10.6 Å². The molecule has 2 saturated carbocycles. The van der Waals surface area contributed by atoms with Crippen molar-refractivity contribution in [3.8, 4) is 0 Å². The minimum Gasteiger partial charge on any atom is -0.338 e. The van der Waals surface area contributed by atoms with Gasteiger partial charge in [-0.15, -0.1) is 0 Å². The summed E-state index contributed by atoms with van der Waals surface area (Å²) in [6, 6.07) is 2.58. The molecule has 86 valence electrons. The van der Waals surface area contributed by atoms with Crippen molar-refractivity contribution in [1.82, 2.24) is 9.97 Å². The Morgan fingerprint density at radius 3 is 2.75 bits per heavy atom. The Morgan fingerprint density at radius 1 is 1.31 bits per heavy atom. The van der Waals surface area contributed by atoms with Crippen LogP contribution in [0, 0.1) is 5.92 Å². The van der Waals surface area contributed by atoms with E-state index in [0.717, 1.165) is 24.1 Å². The summed E-state index contributed by atoms with van der Waals surface area (Å²) in [6.45, 7) is 1.64. The average Bonchev–Trinajstić information content (AvgIpc) is 3.16. The molecule has 4 nitrogen and oxygen atoms in total. The SMILES string of the molecule is NCc1ccnc(N(CC2CC2)C2CC2)n1. The van der Waals surface area contributed by atoms with Crippen LogP contribution >= 0.6 is 0 Å². The average molecular weight is 218 g/mol. The molecule has 0 aliphatic heterocycles. The van der Waals surface area contributed by atoms with E-state index in [0.29, 0.717) is 12.6 Å². The van der Waals surface area contributed by atoms with Crippen molar-refractivity contribution in [2.45, 2.75) is 38.3 Å². The molecule has 0 atom stereocenters. The van der Waals surface area contributed by atoms with Gasteiger partial charge in [0.05, 0.1) is 5.69 Å². The summed E-state index contributed by atoms with van der Waals surface area (Å²) < 4.78 is 0. The maximum absolute atomic E-state index is 5.62. The van der Waals surface area contributed by atoms with E-state index < -0.39 is 0 Å². The summed E-state index contributed by atoms with van der Waals surface area (Å²) in [5.74, 6) is 1.77. The van der Waals surface area contributed by atoms with Gasteiger partial charge in [0.15, 0.2) is 0 Å². The van der Waals surface area contributed by atoms with E-state index in [4.69, 9.17) is 5.73 Å². The largest absolute Gasteiger partial charge is 0.338 e. The predicted octanol–water partition coefficient (Wildman–Crippen LogP) is 1.31. The molecule has 1 heterocycles. The van der Waals surface area contributed by atoms with Crippen molar-refractivity contribution in [3.63, 3.8) is 0 Å². The lowest BCUT2D eigenvalue weighted by Crippen LogP contribution is -2.30. The quantitative estimate of drug-likeness (QED) is 0.809. The third-order valence-corrected chi connectivity index (χ3v) is 3.31. The van der Waals surface area contributed by atoms with Crippen molar-refractivity contribution >= 4 is 5.95 Å². The molecule has 0 amide bonds. The highest BCUT2D eigenvalue weighted by molar-refractivity contribution is 5.35. The molecule has 2 fully saturated rings. The molecule has 3 rings (SSSR count). The molecular weight excluding hydrogens is 200 g/mol. The van der Waals surface area contributed by atoms with E-state index in [1.165, 1.54) is 25.7 Å². The number of hydrogen-bond acceptors (Lipinski definition) is 4. The zero-order valence-electron chi connectivity index (χ0n) is 9.47. The molecule has 0 saturated heterocycles. The normalized spacial score (nSPS) is 19.8. The topological polar surface area (TPSA) is 55.0 Å². The molecule has 2 aliphatic carbocycles. The van der Waals surface area contributed by atoms with Crippen LogP contribution in [0.25, 0.3) is 0 Å². The van der Waals surface area contributed by atoms with E-state index in [1.807, 2.05) is 12.3 Å². The monoisotopic (exact) mass is 218 g/mol. The summed E-state index contributed by atoms with van der Waals surface area (Å²) >= 11 is 0. The lowest BCUT2D eigenvalue weighted by molar-refractivity contribution is 0.693. The molecule has 0 radical (unpaired) electrons. The summed E-state index contributed by atoms with van der Waals surface area (Å²) in [7, 11) is 0. The highest BCUT2D eigenvalue weighted by atomic mass is 15.3. The molecule has 0 bridgehead atoms. The predicted molar refractivity (Wildman–Crippen MR) is 63.0 cm³/mol. The zero-order valence-corrected chi connectivity index (χ0v) is 9.47. The second kappa shape index (κ2) is 4.01. The molecule has 2 aliphatic rings. The molecule has 1 aromatic heterocycles. The third kappa shape index (κ3) is 2.16. The van der Waals surface area contributed by atoms with Gasteiger partial charge in [-0.1, -0.05) is 0 Å². The Morgan fingerprint density at radius 2 is 2.12 bits per heavy atom. The smallest absolute Gasteiger partial charge is 0.225 e. The summed E-state index contributed by atoms with van der Waals surface area (Å²) in [5.41, 5.74) is 6.55. The van der Waals surface area contributed by atoms with Crippen LogP contribution in [0.1, 0.15) is 31.4 Å². The van der Waals surface area contributed by atoms with Crippen LogP contribution in [0.2, 0.25) is 0 Å². The van der Waals surface area contributed by atoms with E-state index in [1.54, 1.807) is 0 Å². The first-order chi connectivity index (χ1) is 7.86. The fourth-order valence-corrected chi connectivity index (χ4v) is 2.00. The van der Waals surface area contributed by atoms with Gasteiger partial charge >= 0.3 is 0 Å². The second-order valence-electron chi connectivity index (χ2n) is 4.88. The van der Waals surface area contributed by atoms with Gasteiger partial charge in [0.1, 0.15) is 0 Å². The fourth-order valence-electron chi connectivity index (χ4n) is 2.00. The Kier molecular flexibility index (Phi) is 2.52. The van der Waals surface area contributed by atoms with Gasteiger partial charge in [0, 0.05) is 25.3 Å². The molecule has 16 heavy (non-hydrogen) atoms. The standard InChI is InChI=1S/C12H18N4/c13-7-10-5-6-14-12(15-10)16(11-3-4-11)8-9-1-2-9/h5-6,9,11H,1-4,7-8,13H2. The van der Waals surface area contributed by atoms with Crippen molar-refractivity contribution < 1.29 is 0 Å². The van der Waals surface area contributed by atoms with Crippen LogP contribution in [-0.4, -0.2) is 22.6 Å². The van der Waals surface area contributed by atoms with E-state index in [2.05, 4.69) is 14.9 Å². The maximum Gasteiger partial charge on any atom is 0.225 e. The number of nitrogens with zero attached hydrogens (tertiary/aromatic N) is 3. The van der Waals surface area contributed by atoms with Crippen LogP contribution in [0.4, 0.5) is 5.95 Å². The first-order valence-electron chi connectivity index (χ1n) is 6.15. The van der Waals surface area contributed by atoms with Crippen LogP contribution in [0.5, 0.6) is 0 Å². The molecule has 0 unspecified atom stereocenters. The molecule has 0 spiro atoms. The van der Waals surface area contributed by atoms with Gasteiger partial charge in [0.2, 0.25) is 5.95 Å². The van der Waals surface area contributed by atoms with Crippen molar-refractivity contribution in [2.24, 2.45) is 11.7 Å². The lowest BCUT2D eigenvalue weighted by Gasteiger charge is -2.22. The highest BCUT2D eigenvalue weighted by Crippen LogP contribution is 2.36. The zero-order chi connectivity index (χ0) is 11.0. The van der Waals surface area contributed by atoms with E-state index >= 15 is 0 Å². The Bertz CT molecular complexity index is 371. The number of hydrogen-bond donors (Lipinski definition) is 1. The molecular formula is C12H18N4. The van der Waals surface area contributed by atoms with Gasteiger partial charge < -0.3 is 10.6 Å². The lowest BCUT2D eigenvalue weighted by atomic mass is 10.3. The summed E-state index contributed by atoms with van der Waals surface area (Å²) in [6.07, 6.45) is 7.16. The van der Waals surface area contributed by atoms with Crippen LogP contribution in [0.3, 0.4) is 0 Å². The van der Waals surface area contributed by atoms with Gasteiger partial charge in [-0.3, -0.25) is 0 Å². The first-order valence-corrected chi connectivity index (χ1v) is 6.15. The molecule has 2 N–H and O–H groups in total. The Balaban J connectivity index is 1.79. The maximum atomic E-state index is 5.62. The minimum atomic E-state index is 0.497. The van der Waals surface area contributed by atoms with Gasteiger partial charge in [-0.25, -0.2) is 9.97 Å². The molecule has 4 heteroatoms. The third-order valence-electron chi connectivity index (χ3n) is 3.31. The number of aromatic nitrogens is 2. The van der Waals surface area contributed by atoms with E-state index in [9.17, 15) is 0 Å².